The molecule has 0 aliphatic heterocycles. The number of aliphatic hydroxyl groups excluding tert-OH is 1. The van der Waals surface area contributed by atoms with Crippen LogP contribution in [0, 0.1) is 5.82 Å². The molecule has 0 spiro atoms. The highest BCUT2D eigenvalue weighted by molar-refractivity contribution is 6.33. The van der Waals surface area contributed by atoms with Crippen LogP contribution in [-0.4, -0.2) is 44.2 Å². The van der Waals surface area contributed by atoms with Crippen molar-refractivity contribution in [3.63, 3.8) is 0 Å². The SMILES string of the molecule is COCC(C)OCC(O)CNc1ccc(F)cc1Cl. The molecule has 108 valence electrons. The Kier molecular flexibility index (Phi) is 7.09. The summed E-state index contributed by atoms with van der Waals surface area (Å²) in [4.78, 5) is 0. The van der Waals surface area contributed by atoms with Gasteiger partial charge in [-0.3, -0.25) is 0 Å². The van der Waals surface area contributed by atoms with Gasteiger partial charge in [0, 0.05) is 13.7 Å². The molecule has 0 saturated heterocycles. The first-order chi connectivity index (χ1) is 9.02. The molecule has 1 aromatic rings. The number of aliphatic hydroxyl groups is 1. The second kappa shape index (κ2) is 8.32. The third-order valence-electron chi connectivity index (χ3n) is 2.43. The molecule has 0 radical (unpaired) electrons. The van der Waals surface area contributed by atoms with Crippen LogP contribution in [0.15, 0.2) is 18.2 Å². The summed E-state index contributed by atoms with van der Waals surface area (Å²) in [5.74, 6) is -0.396. The molecule has 0 aliphatic rings. The minimum atomic E-state index is -0.680. The lowest BCUT2D eigenvalue weighted by molar-refractivity contribution is -0.0282. The van der Waals surface area contributed by atoms with E-state index in [-0.39, 0.29) is 24.3 Å². The summed E-state index contributed by atoms with van der Waals surface area (Å²) in [6.45, 7) is 2.80. The van der Waals surface area contributed by atoms with Crippen molar-refractivity contribution in [1.82, 2.24) is 0 Å². The van der Waals surface area contributed by atoms with E-state index in [1.807, 2.05) is 6.92 Å². The molecule has 2 unspecified atom stereocenters. The van der Waals surface area contributed by atoms with Gasteiger partial charge in [-0.2, -0.15) is 0 Å². The monoisotopic (exact) mass is 291 g/mol. The fraction of sp³-hybridized carbons (Fsp3) is 0.538. The highest BCUT2D eigenvalue weighted by Gasteiger charge is 2.09. The summed E-state index contributed by atoms with van der Waals surface area (Å²) in [6, 6.07) is 4.05. The van der Waals surface area contributed by atoms with E-state index in [0.717, 1.165) is 0 Å². The molecule has 4 nitrogen and oxygen atoms in total. The molecule has 0 heterocycles. The van der Waals surface area contributed by atoms with E-state index in [0.29, 0.717) is 12.3 Å². The van der Waals surface area contributed by atoms with Crippen LogP contribution in [0.2, 0.25) is 5.02 Å². The predicted molar refractivity (Wildman–Crippen MR) is 73.2 cm³/mol. The Morgan fingerprint density at radius 3 is 2.79 bits per heavy atom. The topological polar surface area (TPSA) is 50.7 Å². The largest absolute Gasteiger partial charge is 0.389 e. The van der Waals surface area contributed by atoms with Gasteiger partial charge in [0.25, 0.3) is 0 Å². The normalized spacial score (nSPS) is 14.2. The van der Waals surface area contributed by atoms with Crippen LogP contribution in [0.3, 0.4) is 0 Å². The van der Waals surface area contributed by atoms with Gasteiger partial charge >= 0.3 is 0 Å². The molecule has 0 bridgehead atoms. The second-order valence-corrected chi connectivity index (χ2v) is 4.67. The van der Waals surface area contributed by atoms with Crippen molar-refractivity contribution in [2.75, 3.05) is 32.2 Å². The van der Waals surface area contributed by atoms with Gasteiger partial charge in [-0.25, -0.2) is 4.39 Å². The average molecular weight is 292 g/mol. The van der Waals surface area contributed by atoms with Gasteiger partial charge in [-0.15, -0.1) is 0 Å². The van der Waals surface area contributed by atoms with E-state index in [4.69, 9.17) is 21.1 Å². The van der Waals surface area contributed by atoms with Crippen LogP contribution in [0.5, 0.6) is 0 Å². The van der Waals surface area contributed by atoms with Crippen molar-refractivity contribution in [3.05, 3.63) is 29.0 Å². The Balaban J connectivity index is 2.31. The maximum absolute atomic E-state index is 12.8. The lowest BCUT2D eigenvalue weighted by Crippen LogP contribution is -2.28. The Morgan fingerprint density at radius 2 is 2.16 bits per heavy atom. The first-order valence-corrected chi connectivity index (χ1v) is 6.38. The molecule has 0 aromatic heterocycles. The van der Waals surface area contributed by atoms with Crippen LogP contribution in [0.4, 0.5) is 10.1 Å². The van der Waals surface area contributed by atoms with E-state index in [2.05, 4.69) is 5.32 Å². The van der Waals surface area contributed by atoms with Crippen molar-refractivity contribution < 1.29 is 19.0 Å². The molecule has 0 saturated carbocycles. The maximum atomic E-state index is 12.8. The molecular weight excluding hydrogens is 273 g/mol. The second-order valence-electron chi connectivity index (χ2n) is 4.26. The van der Waals surface area contributed by atoms with Gasteiger partial charge < -0.3 is 19.9 Å². The fourth-order valence-corrected chi connectivity index (χ4v) is 1.71. The Labute approximate surface area is 117 Å². The summed E-state index contributed by atoms with van der Waals surface area (Å²) < 4.78 is 23.1. The van der Waals surface area contributed by atoms with Gasteiger partial charge in [-0.1, -0.05) is 11.6 Å². The summed E-state index contributed by atoms with van der Waals surface area (Å²) in [7, 11) is 1.59. The summed E-state index contributed by atoms with van der Waals surface area (Å²) >= 11 is 5.85. The summed E-state index contributed by atoms with van der Waals surface area (Å²) in [5, 5.41) is 12.9. The molecule has 0 amide bonds. The predicted octanol–water partition coefficient (Wildman–Crippen LogP) is 2.30. The zero-order valence-corrected chi connectivity index (χ0v) is 11.8. The van der Waals surface area contributed by atoms with Gasteiger partial charge in [-0.05, 0) is 25.1 Å². The molecule has 1 aromatic carbocycles. The number of hydrogen-bond donors (Lipinski definition) is 2. The quantitative estimate of drug-likeness (QED) is 0.772. The third-order valence-corrected chi connectivity index (χ3v) is 2.75. The standard InChI is InChI=1S/C13H19ClFNO3/c1-9(7-18-2)19-8-11(17)6-16-13-4-3-10(15)5-12(13)14/h3-5,9,11,16-17H,6-8H2,1-2H3. The van der Waals surface area contributed by atoms with Crippen LogP contribution in [0.25, 0.3) is 0 Å². The molecule has 0 aliphatic carbocycles. The van der Waals surface area contributed by atoms with E-state index in [1.165, 1.54) is 18.2 Å². The van der Waals surface area contributed by atoms with Crippen molar-refractivity contribution in [3.8, 4) is 0 Å². The highest BCUT2D eigenvalue weighted by atomic mass is 35.5. The number of benzene rings is 1. The lowest BCUT2D eigenvalue weighted by atomic mass is 10.3. The summed E-state index contributed by atoms with van der Waals surface area (Å²) in [5.41, 5.74) is 0.576. The number of halogens is 2. The zero-order valence-electron chi connectivity index (χ0n) is 11.0. The minimum absolute atomic E-state index is 0.0749. The van der Waals surface area contributed by atoms with Gasteiger partial charge in [0.2, 0.25) is 0 Å². The Hall–Kier alpha value is -0.880. The van der Waals surface area contributed by atoms with E-state index in [1.54, 1.807) is 7.11 Å². The maximum Gasteiger partial charge on any atom is 0.124 e. The Morgan fingerprint density at radius 1 is 1.42 bits per heavy atom. The molecule has 1 rings (SSSR count). The van der Waals surface area contributed by atoms with Crippen LogP contribution in [-0.2, 0) is 9.47 Å². The molecule has 0 fully saturated rings. The highest BCUT2D eigenvalue weighted by Crippen LogP contribution is 2.22. The molecule has 2 N–H and O–H groups in total. The van der Waals surface area contributed by atoms with Crippen molar-refractivity contribution in [1.29, 1.82) is 0 Å². The lowest BCUT2D eigenvalue weighted by Gasteiger charge is -2.17. The van der Waals surface area contributed by atoms with Crippen LogP contribution in [0.1, 0.15) is 6.92 Å². The average Bonchev–Trinajstić information content (AvgIpc) is 2.35. The zero-order chi connectivity index (χ0) is 14.3. The smallest absolute Gasteiger partial charge is 0.124 e. The Bertz CT molecular complexity index is 392. The number of rotatable bonds is 8. The van der Waals surface area contributed by atoms with E-state index < -0.39 is 11.9 Å². The van der Waals surface area contributed by atoms with Crippen molar-refractivity contribution >= 4 is 17.3 Å². The van der Waals surface area contributed by atoms with Gasteiger partial charge in [0.1, 0.15) is 5.82 Å². The molecular formula is C13H19ClFNO3. The number of ether oxygens (including phenoxy) is 2. The van der Waals surface area contributed by atoms with E-state index in [9.17, 15) is 9.50 Å². The van der Waals surface area contributed by atoms with Gasteiger partial charge in [0.05, 0.1) is 36.1 Å². The number of methoxy groups -OCH3 is 1. The number of hydrogen-bond acceptors (Lipinski definition) is 4. The molecule has 19 heavy (non-hydrogen) atoms. The van der Waals surface area contributed by atoms with Gasteiger partial charge in [0.15, 0.2) is 0 Å². The first-order valence-electron chi connectivity index (χ1n) is 6.00. The van der Waals surface area contributed by atoms with Crippen LogP contribution >= 0.6 is 11.6 Å². The molecule has 6 heteroatoms. The fourth-order valence-electron chi connectivity index (χ4n) is 1.48. The summed E-state index contributed by atoms with van der Waals surface area (Å²) in [6.07, 6.45) is -0.755. The van der Waals surface area contributed by atoms with Crippen molar-refractivity contribution in [2.24, 2.45) is 0 Å². The number of nitrogens with one attached hydrogen (secondary N) is 1. The first kappa shape index (κ1) is 16.2. The van der Waals surface area contributed by atoms with Crippen LogP contribution < -0.4 is 5.32 Å². The van der Waals surface area contributed by atoms with Crippen molar-refractivity contribution in [2.45, 2.75) is 19.1 Å². The minimum Gasteiger partial charge on any atom is -0.389 e. The van der Waals surface area contributed by atoms with E-state index >= 15 is 0 Å². The number of anilines is 1. The molecule has 2 atom stereocenters. The third kappa shape index (κ3) is 6.20.